The molecular weight excluding hydrogens is 255 g/mol. The van der Waals surface area contributed by atoms with E-state index in [1.165, 1.54) is 4.90 Å². The molecule has 0 aliphatic rings. The van der Waals surface area contributed by atoms with E-state index >= 15 is 0 Å². The van der Waals surface area contributed by atoms with Crippen LogP contribution in [0.15, 0.2) is 0 Å². The van der Waals surface area contributed by atoms with Gasteiger partial charge < -0.3 is 5.43 Å². The molecule has 0 fully saturated rings. The van der Waals surface area contributed by atoms with Crippen LogP contribution in [0.5, 0.6) is 0 Å². The van der Waals surface area contributed by atoms with E-state index in [4.69, 9.17) is 5.84 Å². The van der Waals surface area contributed by atoms with Gasteiger partial charge in [-0.25, -0.2) is 5.84 Å². The number of halogens is 3. The van der Waals surface area contributed by atoms with E-state index in [0.29, 0.717) is 10.7 Å². The molecule has 98 valence electrons. The van der Waals surface area contributed by atoms with Gasteiger partial charge in [0.15, 0.2) is 0 Å². The number of nitrogens with one attached hydrogen (secondary N) is 1. The highest BCUT2D eigenvalue weighted by atomic mass is 32.1. The van der Waals surface area contributed by atoms with Crippen LogP contribution in [0.25, 0.3) is 0 Å². The molecule has 0 saturated carbocycles. The Kier molecular flexibility index (Phi) is 4.66. The summed E-state index contributed by atoms with van der Waals surface area (Å²) < 4.78 is 40.7. The van der Waals surface area contributed by atoms with Gasteiger partial charge in [0.1, 0.15) is 10.7 Å². The number of hydrogen-bond acceptors (Lipinski definition) is 6. The largest absolute Gasteiger partial charge is 0.401 e. The Balaban J connectivity index is 2.74. The van der Waals surface area contributed by atoms with Crippen molar-refractivity contribution in [2.24, 2.45) is 5.84 Å². The fourth-order valence-electron chi connectivity index (χ4n) is 1.27. The van der Waals surface area contributed by atoms with Gasteiger partial charge in [-0.05, 0) is 13.8 Å². The van der Waals surface area contributed by atoms with Gasteiger partial charge in [-0.3, -0.25) is 4.90 Å². The van der Waals surface area contributed by atoms with Crippen molar-refractivity contribution in [2.75, 3.05) is 12.0 Å². The lowest BCUT2D eigenvalue weighted by atomic mass is 10.3. The molecule has 1 aromatic rings. The third-order valence-corrected chi connectivity index (χ3v) is 2.85. The van der Waals surface area contributed by atoms with Gasteiger partial charge >= 0.3 is 6.18 Å². The van der Waals surface area contributed by atoms with Gasteiger partial charge in [-0.15, -0.1) is 5.10 Å². The molecule has 3 N–H and O–H groups in total. The molecule has 0 aliphatic carbocycles. The minimum Gasteiger partial charge on any atom is -0.313 e. The third-order valence-electron chi connectivity index (χ3n) is 2.15. The summed E-state index contributed by atoms with van der Waals surface area (Å²) >= 11 is 1.02. The van der Waals surface area contributed by atoms with E-state index in [9.17, 15) is 13.2 Å². The smallest absolute Gasteiger partial charge is 0.313 e. The Morgan fingerprint density at radius 3 is 2.59 bits per heavy atom. The van der Waals surface area contributed by atoms with Crippen LogP contribution < -0.4 is 11.3 Å². The molecule has 0 bridgehead atoms. The Bertz CT molecular complexity index is 351. The lowest BCUT2D eigenvalue weighted by molar-refractivity contribution is -0.151. The summed E-state index contributed by atoms with van der Waals surface area (Å²) in [4.78, 5) is 1.26. The zero-order valence-electron chi connectivity index (χ0n) is 9.45. The number of hydrazine groups is 1. The molecule has 0 aromatic carbocycles. The van der Waals surface area contributed by atoms with Crippen LogP contribution in [0.2, 0.25) is 0 Å². The SMILES string of the molecule is CC(C)N(Cc1nnsc1NN)CC(F)(F)F. The molecule has 0 atom stereocenters. The van der Waals surface area contributed by atoms with Crippen molar-refractivity contribution >= 4 is 16.5 Å². The minimum atomic E-state index is -4.23. The minimum absolute atomic E-state index is 0.0627. The standard InChI is InChI=1S/C8H14F3N5S/c1-5(2)16(4-8(9,10)11)3-6-7(13-12)17-15-14-6/h5,13H,3-4,12H2,1-2H3. The van der Waals surface area contributed by atoms with E-state index in [0.717, 1.165) is 11.5 Å². The third kappa shape index (κ3) is 4.44. The quantitative estimate of drug-likeness (QED) is 0.627. The van der Waals surface area contributed by atoms with Crippen molar-refractivity contribution < 1.29 is 13.2 Å². The Morgan fingerprint density at radius 2 is 2.12 bits per heavy atom. The lowest BCUT2D eigenvalue weighted by Gasteiger charge is -2.26. The van der Waals surface area contributed by atoms with Crippen molar-refractivity contribution in [1.82, 2.24) is 14.5 Å². The number of aromatic nitrogens is 2. The summed E-state index contributed by atoms with van der Waals surface area (Å²) in [5, 5.41) is 4.24. The van der Waals surface area contributed by atoms with Gasteiger partial charge in [0.05, 0.1) is 6.54 Å². The van der Waals surface area contributed by atoms with Crippen molar-refractivity contribution in [3.63, 3.8) is 0 Å². The summed E-state index contributed by atoms with van der Waals surface area (Å²) in [7, 11) is 0. The van der Waals surface area contributed by atoms with Crippen molar-refractivity contribution in [3.05, 3.63) is 5.69 Å². The summed E-state index contributed by atoms with van der Waals surface area (Å²) in [6.45, 7) is 2.47. The zero-order chi connectivity index (χ0) is 13.1. The lowest BCUT2D eigenvalue weighted by Crippen LogP contribution is -2.38. The van der Waals surface area contributed by atoms with Crippen LogP contribution in [0.4, 0.5) is 18.2 Å². The van der Waals surface area contributed by atoms with Crippen LogP contribution >= 0.6 is 11.5 Å². The molecule has 9 heteroatoms. The molecule has 0 unspecified atom stereocenters. The van der Waals surface area contributed by atoms with Gasteiger partial charge in [0.2, 0.25) is 0 Å². The Hall–Kier alpha value is -0.930. The second-order valence-corrected chi connectivity index (χ2v) is 4.56. The molecule has 0 radical (unpaired) electrons. The van der Waals surface area contributed by atoms with Crippen LogP contribution in [0.3, 0.4) is 0 Å². The number of nitrogen functional groups attached to an aromatic ring is 1. The fourth-order valence-corrected chi connectivity index (χ4v) is 1.75. The highest BCUT2D eigenvalue weighted by Gasteiger charge is 2.32. The molecule has 0 saturated heterocycles. The Morgan fingerprint density at radius 1 is 1.47 bits per heavy atom. The van der Waals surface area contributed by atoms with E-state index < -0.39 is 12.7 Å². The first kappa shape index (κ1) is 14.1. The van der Waals surface area contributed by atoms with Gasteiger partial charge in [-0.2, -0.15) is 13.2 Å². The molecule has 1 rings (SSSR count). The zero-order valence-corrected chi connectivity index (χ0v) is 10.3. The number of rotatable bonds is 5. The van der Waals surface area contributed by atoms with Crippen molar-refractivity contribution in [3.8, 4) is 0 Å². The number of nitrogens with zero attached hydrogens (tertiary/aromatic N) is 3. The Labute approximate surface area is 101 Å². The second kappa shape index (κ2) is 5.61. The maximum Gasteiger partial charge on any atom is 0.401 e. The molecule has 0 aliphatic heterocycles. The molecule has 17 heavy (non-hydrogen) atoms. The molecule has 1 heterocycles. The van der Waals surface area contributed by atoms with E-state index in [2.05, 4.69) is 15.0 Å². The maximum atomic E-state index is 12.4. The molecule has 0 spiro atoms. The van der Waals surface area contributed by atoms with Gasteiger partial charge in [0, 0.05) is 24.1 Å². The monoisotopic (exact) mass is 269 g/mol. The van der Waals surface area contributed by atoms with E-state index in [-0.39, 0.29) is 12.6 Å². The molecule has 1 aromatic heterocycles. The molecule has 5 nitrogen and oxygen atoms in total. The first-order valence-electron chi connectivity index (χ1n) is 4.92. The summed E-state index contributed by atoms with van der Waals surface area (Å²) in [6, 6.07) is -0.246. The highest BCUT2D eigenvalue weighted by Crippen LogP contribution is 2.23. The summed E-state index contributed by atoms with van der Waals surface area (Å²) in [5.41, 5.74) is 2.79. The number of anilines is 1. The van der Waals surface area contributed by atoms with Crippen LogP contribution in [-0.2, 0) is 6.54 Å². The van der Waals surface area contributed by atoms with Crippen LogP contribution in [0, 0.1) is 0 Å². The first-order valence-corrected chi connectivity index (χ1v) is 5.69. The van der Waals surface area contributed by atoms with Gasteiger partial charge in [0.25, 0.3) is 0 Å². The van der Waals surface area contributed by atoms with E-state index in [1.54, 1.807) is 13.8 Å². The normalized spacial score (nSPS) is 12.5. The number of nitrogens with two attached hydrogens (primary N) is 1. The highest BCUT2D eigenvalue weighted by molar-refractivity contribution is 7.10. The van der Waals surface area contributed by atoms with Crippen LogP contribution in [-0.4, -0.2) is 33.2 Å². The van der Waals surface area contributed by atoms with Crippen LogP contribution in [0.1, 0.15) is 19.5 Å². The number of alkyl halides is 3. The van der Waals surface area contributed by atoms with E-state index in [1.807, 2.05) is 0 Å². The predicted octanol–water partition coefficient (Wildman–Crippen LogP) is 1.60. The predicted molar refractivity (Wildman–Crippen MR) is 59.3 cm³/mol. The van der Waals surface area contributed by atoms with Gasteiger partial charge in [-0.1, -0.05) is 4.49 Å². The van der Waals surface area contributed by atoms with Crippen molar-refractivity contribution in [1.29, 1.82) is 0 Å². The molecule has 0 amide bonds. The first-order chi connectivity index (χ1) is 7.83. The average Bonchev–Trinajstić information content (AvgIpc) is 2.62. The fraction of sp³-hybridized carbons (Fsp3) is 0.750. The second-order valence-electron chi connectivity index (χ2n) is 3.81. The summed E-state index contributed by atoms with van der Waals surface area (Å²) in [6.07, 6.45) is -4.23. The van der Waals surface area contributed by atoms with Crippen molar-refractivity contribution in [2.45, 2.75) is 32.6 Å². The summed E-state index contributed by atoms with van der Waals surface area (Å²) in [5.74, 6) is 5.21. The molecular formula is C8H14F3N5S. The number of hydrogen-bond donors (Lipinski definition) is 2. The topological polar surface area (TPSA) is 67.1 Å². The maximum absolute atomic E-state index is 12.4. The average molecular weight is 269 g/mol.